The predicted molar refractivity (Wildman–Crippen MR) is 159 cm³/mol. The Morgan fingerprint density at radius 1 is 1.15 bits per heavy atom. The van der Waals surface area contributed by atoms with Gasteiger partial charge < -0.3 is 19.5 Å². The molecule has 40 heavy (non-hydrogen) atoms. The Balaban J connectivity index is 1.45. The number of imide groups is 1. The van der Waals surface area contributed by atoms with Crippen LogP contribution in [0.3, 0.4) is 0 Å². The van der Waals surface area contributed by atoms with E-state index in [1.807, 2.05) is 30.3 Å². The van der Waals surface area contributed by atoms with Crippen LogP contribution >= 0.6 is 15.9 Å². The van der Waals surface area contributed by atoms with Crippen molar-refractivity contribution in [1.82, 2.24) is 0 Å². The number of fused-ring (bicyclic) bond motifs is 3. The first-order valence-electron chi connectivity index (χ1n) is 14.0. The molecular weight excluding hydrogens is 573 g/mol. The Hall–Kier alpha value is -2.72. The summed E-state index contributed by atoms with van der Waals surface area (Å²) in [7, 11) is 0.606. The highest BCUT2D eigenvalue weighted by molar-refractivity contribution is 9.10. The van der Waals surface area contributed by atoms with Gasteiger partial charge in [-0.15, -0.1) is 0 Å². The fourth-order valence-corrected chi connectivity index (χ4v) is 7.05. The second-order valence-corrected chi connectivity index (χ2v) is 11.8. The minimum absolute atomic E-state index is 0.187. The van der Waals surface area contributed by atoms with Crippen molar-refractivity contribution < 1.29 is 29.1 Å². The van der Waals surface area contributed by atoms with E-state index in [0.717, 1.165) is 34.0 Å². The number of para-hydroxylation sites is 1. The van der Waals surface area contributed by atoms with Crippen LogP contribution in [0.25, 0.3) is 6.08 Å². The summed E-state index contributed by atoms with van der Waals surface area (Å²) < 4.78 is 12.6. The number of phenols is 1. The lowest BCUT2D eigenvalue weighted by Crippen LogP contribution is -2.46. The van der Waals surface area contributed by atoms with Gasteiger partial charge in [0.15, 0.2) is 0 Å². The van der Waals surface area contributed by atoms with Crippen molar-refractivity contribution in [2.24, 2.45) is 17.8 Å². The zero-order chi connectivity index (χ0) is 28.4. The second-order valence-electron chi connectivity index (χ2n) is 10.9. The van der Waals surface area contributed by atoms with E-state index < -0.39 is 25.1 Å². The summed E-state index contributed by atoms with van der Waals surface area (Å²) in [5.74, 6) is -1.48. The Kier molecular flexibility index (Phi) is 8.95. The second kappa shape index (κ2) is 12.4. The molecule has 0 unspecified atom stereocenters. The molecule has 2 N–H and O–H groups in total. The molecule has 4 atom stereocenters. The van der Waals surface area contributed by atoms with Gasteiger partial charge in [-0.3, -0.25) is 14.5 Å². The lowest BCUT2D eigenvalue weighted by atomic mass is 9.58. The molecule has 0 bridgehead atoms. The number of hydrogen-bond acceptors (Lipinski definition) is 6. The lowest BCUT2D eigenvalue weighted by Gasteiger charge is -2.43. The summed E-state index contributed by atoms with van der Waals surface area (Å²) in [6.07, 6.45) is 5.46. The minimum atomic E-state index is -1.03. The lowest BCUT2D eigenvalue weighted by molar-refractivity contribution is -0.122. The van der Waals surface area contributed by atoms with Gasteiger partial charge >= 0.3 is 7.12 Å². The van der Waals surface area contributed by atoms with E-state index in [2.05, 4.69) is 22.9 Å². The van der Waals surface area contributed by atoms with E-state index in [9.17, 15) is 19.7 Å². The number of allylic oxidation sites excluding steroid dienone is 1. The molecule has 2 fully saturated rings. The van der Waals surface area contributed by atoms with Crippen LogP contribution in [0, 0.1) is 17.8 Å². The first-order chi connectivity index (χ1) is 19.3. The number of carbonyl (C=O) groups is 2. The van der Waals surface area contributed by atoms with Gasteiger partial charge in [-0.2, -0.15) is 0 Å². The largest absolute Gasteiger partial charge is 0.507 e. The summed E-state index contributed by atoms with van der Waals surface area (Å²) in [4.78, 5) is 28.7. The quantitative estimate of drug-likeness (QED) is 0.214. The number of ether oxygens (including phenoxy) is 1. The number of rotatable bonds is 9. The average Bonchev–Trinajstić information content (AvgIpc) is 3.19. The molecule has 210 valence electrons. The van der Waals surface area contributed by atoms with E-state index in [4.69, 9.17) is 9.39 Å². The molecule has 2 aromatic rings. The van der Waals surface area contributed by atoms with Gasteiger partial charge in [-0.25, -0.2) is 0 Å². The topological polar surface area (TPSA) is 96.3 Å². The molecule has 2 aliphatic heterocycles. The fourth-order valence-electron chi connectivity index (χ4n) is 6.67. The molecule has 0 saturated carbocycles. The molecule has 5 rings (SSSR count). The monoisotopic (exact) mass is 607 g/mol. The molecule has 0 aromatic heterocycles. The van der Waals surface area contributed by atoms with E-state index in [-0.39, 0.29) is 29.8 Å². The highest BCUT2D eigenvalue weighted by Crippen LogP contribution is 2.51. The summed E-state index contributed by atoms with van der Waals surface area (Å²) in [6.45, 7) is 2.47. The average molecular weight is 608 g/mol. The van der Waals surface area contributed by atoms with Crippen LogP contribution in [0.1, 0.15) is 44.6 Å². The van der Waals surface area contributed by atoms with Gasteiger partial charge in [-0.1, -0.05) is 59.1 Å². The van der Waals surface area contributed by atoms with Gasteiger partial charge in [0.05, 0.1) is 30.2 Å². The predicted octanol–water partition coefficient (Wildman–Crippen LogP) is 5.77. The highest BCUT2D eigenvalue weighted by atomic mass is 79.9. The van der Waals surface area contributed by atoms with E-state index >= 15 is 0 Å². The van der Waals surface area contributed by atoms with Crippen molar-refractivity contribution in [3.8, 4) is 5.75 Å². The number of phenolic OH excluding ortho intramolecular Hbond substituents is 1. The number of halogens is 1. The van der Waals surface area contributed by atoms with Crippen LogP contribution in [-0.4, -0.2) is 48.9 Å². The molecule has 7 nitrogen and oxygen atoms in total. The molecular formula is C31H35BBrNO6. The number of methoxy groups -OCH3 is 1. The van der Waals surface area contributed by atoms with Crippen LogP contribution in [0.5, 0.6) is 5.75 Å². The van der Waals surface area contributed by atoms with Gasteiger partial charge in [0.25, 0.3) is 0 Å². The number of carbonyl (C=O) groups excluding carboxylic acids is 2. The first kappa shape index (κ1) is 28.8. The zero-order valence-electron chi connectivity index (χ0n) is 22.9. The third kappa shape index (κ3) is 5.70. The third-order valence-electron chi connectivity index (χ3n) is 8.29. The third-order valence-corrected chi connectivity index (χ3v) is 8.78. The van der Waals surface area contributed by atoms with Crippen LogP contribution in [0.4, 0.5) is 5.69 Å². The van der Waals surface area contributed by atoms with Crippen molar-refractivity contribution in [2.75, 3.05) is 18.6 Å². The molecule has 9 heteroatoms. The molecule has 2 amide bonds. The van der Waals surface area contributed by atoms with Crippen molar-refractivity contribution >= 4 is 46.6 Å². The summed E-state index contributed by atoms with van der Waals surface area (Å²) >= 11 is 3.48. The maximum atomic E-state index is 13.8. The molecule has 2 aromatic carbocycles. The van der Waals surface area contributed by atoms with Crippen LogP contribution < -0.4 is 4.90 Å². The van der Waals surface area contributed by atoms with Crippen molar-refractivity contribution in [3.63, 3.8) is 0 Å². The van der Waals surface area contributed by atoms with Crippen molar-refractivity contribution in [3.05, 3.63) is 75.3 Å². The van der Waals surface area contributed by atoms with E-state index in [0.29, 0.717) is 31.6 Å². The number of aromatic hydroxyl groups is 1. The van der Waals surface area contributed by atoms with Gasteiger partial charge in [0.2, 0.25) is 11.8 Å². The molecule has 0 radical (unpaired) electrons. The normalized spacial score (nSPS) is 24.9. The number of benzene rings is 2. The maximum Gasteiger partial charge on any atom is 0.455 e. The van der Waals surface area contributed by atoms with Gasteiger partial charge in [-0.05, 0) is 79.4 Å². The van der Waals surface area contributed by atoms with Crippen LogP contribution in [-0.2, 0) is 19.0 Å². The number of nitrogens with zero attached hydrogens (tertiary/aromatic N) is 1. The molecule has 0 spiro atoms. The Labute approximate surface area is 244 Å². The molecule has 3 aliphatic rings. The number of hydrogen-bond donors (Lipinski definition) is 2. The summed E-state index contributed by atoms with van der Waals surface area (Å²) in [5.41, 5.74) is 4.49. The Bertz CT molecular complexity index is 1330. The highest BCUT2D eigenvalue weighted by Gasteiger charge is 2.57. The van der Waals surface area contributed by atoms with Gasteiger partial charge in [0, 0.05) is 17.1 Å². The maximum absolute atomic E-state index is 13.8. The molecule has 2 heterocycles. The number of anilines is 1. The Morgan fingerprint density at radius 2 is 1.93 bits per heavy atom. The first-order valence-corrected chi connectivity index (χ1v) is 14.8. The van der Waals surface area contributed by atoms with Crippen molar-refractivity contribution in [2.45, 2.75) is 51.5 Å². The molecule has 1 aliphatic carbocycles. The standard InChI is InChI=1S/C31H35BBrNO6/c1-3-7-19(14-20-15-22(33)11-12-26(20)35)10-13-27-28-21(18-39-2)16-24-29(25(28)17-32(38)40-27)31(37)34(30(24)36)23-8-5-4-6-9-23/h4-6,8-9,11-12,14-15,24-25,27,29,35,38H,3,7,10,13,16-18H2,1-2H3/b19-14+/t24-,25+,27-,29-/m1/s1. The summed E-state index contributed by atoms with van der Waals surface area (Å²) in [5, 5.41) is 21.2. The van der Waals surface area contributed by atoms with Crippen molar-refractivity contribution in [1.29, 1.82) is 0 Å². The van der Waals surface area contributed by atoms with Gasteiger partial charge in [0.1, 0.15) is 5.75 Å². The zero-order valence-corrected chi connectivity index (χ0v) is 24.5. The van der Waals surface area contributed by atoms with Crippen LogP contribution in [0.15, 0.2) is 69.7 Å². The smallest absolute Gasteiger partial charge is 0.455 e. The minimum Gasteiger partial charge on any atom is -0.507 e. The molecule has 2 saturated heterocycles. The SMILES string of the molecule is CCC/C(=C\c1cc(Br)ccc1O)CC[C@H]1OB(O)C[C@H]2C1=C(COC)C[C@H]1C(=O)N(c3ccccc3)C(=O)[C@H]12. The number of amides is 2. The Morgan fingerprint density at radius 3 is 2.65 bits per heavy atom. The van der Waals surface area contributed by atoms with E-state index in [1.54, 1.807) is 31.4 Å². The van der Waals surface area contributed by atoms with Crippen LogP contribution in [0.2, 0.25) is 6.32 Å². The summed E-state index contributed by atoms with van der Waals surface area (Å²) in [6, 6.07) is 14.4. The van der Waals surface area contributed by atoms with E-state index in [1.165, 1.54) is 10.5 Å². The fraction of sp³-hybridized carbons (Fsp3) is 0.419.